The second-order valence-corrected chi connectivity index (χ2v) is 7.47. The number of nitrogens with two attached hydrogens (primary N) is 1. The summed E-state index contributed by atoms with van der Waals surface area (Å²) in [6, 6.07) is -0.302. The van der Waals surface area contributed by atoms with E-state index in [-0.39, 0.29) is 11.9 Å². The fraction of sp³-hybridized carbons (Fsp3) is 0.471. The summed E-state index contributed by atoms with van der Waals surface area (Å²) in [6.07, 6.45) is 5.01. The van der Waals surface area contributed by atoms with E-state index in [0.717, 1.165) is 39.9 Å². The number of halogens is 1. The number of carboxylic acid groups (broad SMARTS) is 1. The Balaban J connectivity index is 1.97. The molecular weight excluding hydrogens is 416 g/mol. The van der Waals surface area contributed by atoms with Gasteiger partial charge in [0.2, 0.25) is 5.91 Å². The Morgan fingerprint density at radius 1 is 1.56 bits per heavy atom. The van der Waals surface area contributed by atoms with E-state index in [0.29, 0.717) is 30.7 Å². The van der Waals surface area contributed by atoms with Gasteiger partial charge in [-0.25, -0.2) is 20.6 Å². The molecule has 3 rings (SSSR count). The van der Waals surface area contributed by atoms with Gasteiger partial charge in [0.05, 0.1) is 27.3 Å². The minimum absolute atomic E-state index is 0.0557. The third-order valence-electron chi connectivity index (χ3n) is 4.71. The monoisotopic (exact) mass is 438 g/mol. The minimum atomic E-state index is -1.14. The number of fused-ring (bicyclic) bond motifs is 1. The highest BCUT2D eigenvalue weighted by Crippen LogP contribution is 2.39. The summed E-state index contributed by atoms with van der Waals surface area (Å²) in [7, 11) is 0. The maximum absolute atomic E-state index is 12.1. The molecule has 0 aromatic carbocycles. The van der Waals surface area contributed by atoms with E-state index in [1.807, 2.05) is 6.92 Å². The fourth-order valence-corrected chi connectivity index (χ4v) is 4.00. The van der Waals surface area contributed by atoms with Gasteiger partial charge in [0.1, 0.15) is 5.65 Å². The summed E-state index contributed by atoms with van der Waals surface area (Å²) < 4.78 is 0.778. The number of aromatic nitrogens is 2. The van der Waals surface area contributed by atoms with Crippen LogP contribution in [-0.2, 0) is 4.79 Å². The molecule has 9 nitrogen and oxygen atoms in total. The van der Waals surface area contributed by atoms with E-state index < -0.39 is 6.09 Å². The van der Waals surface area contributed by atoms with Crippen LogP contribution in [0.1, 0.15) is 32.6 Å². The standard InChI is InChI=1S/C17H23BrN6O3/c1-2-4-13(25)22-12-8-21-16-14(12)15(11(18)7-20-16)23-6-3-5-10(9-23)24(19)17(26)27/h7-8,10H,2-6,9,19H2,1H3,(H,20,21)(H,22,25)(H,26,27)/t10-/m1/s1. The topological polar surface area (TPSA) is 128 Å². The zero-order chi connectivity index (χ0) is 19.6. The summed E-state index contributed by atoms with van der Waals surface area (Å²) in [5.41, 5.74) is 2.19. The van der Waals surface area contributed by atoms with Crippen LogP contribution in [0.5, 0.6) is 0 Å². The van der Waals surface area contributed by atoms with Crippen LogP contribution in [0.4, 0.5) is 16.2 Å². The van der Waals surface area contributed by atoms with E-state index in [9.17, 15) is 14.7 Å². The van der Waals surface area contributed by atoms with E-state index in [4.69, 9.17) is 5.84 Å². The van der Waals surface area contributed by atoms with Crippen molar-refractivity contribution in [3.8, 4) is 0 Å². The summed E-state index contributed by atoms with van der Waals surface area (Å²) >= 11 is 3.56. The van der Waals surface area contributed by atoms with Crippen molar-refractivity contribution < 1.29 is 14.7 Å². The first-order valence-electron chi connectivity index (χ1n) is 8.89. The third-order valence-corrected chi connectivity index (χ3v) is 5.29. The number of hydrazine groups is 1. The molecule has 3 heterocycles. The van der Waals surface area contributed by atoms with Crippen LogP contribution in [0.3, 0.4) is 0 Å². The second kappa shape index (κ2) is 8.13. The average Bonchev–Trinajstić information content (AvgIpc) is 3.04. The molecular formula is C17H23BrN6O3. The normalized spacial score (nSPS) is 17.1. The lowest BCUT2D eigenvalue weighted by Gasteiger charge is -2.38. The lowest BCUT2D eigenvalue weighted by molar-refractivity contribution is -0.116. The molecule has 1 saturated heterocycles. The first kappa shape index (κ1) is 19.4. The van der Waals surface area contributed by atoms with Crippen LogP contribution in [0.2, 0.25) is 0 Å². The van der Waals surface area contributed by atoms with E-state index in [1.165, 1.54) is 0 Å². The predicted octanol–water partition coefficient (Wildman–Crippen LogP) is 2.89. The number of carbonyl (C=O) groups excluding carboxylic acids is 1. The number of nitrogens with zero attached hydrogens (tertiary/aromatic N) is 3. The highest BCUT2D eigenvalue weighted by Gasteiger charge is 2.29. The SMILES string of the molecule is CCCC(=O)Nc1c[nH]c2ncc(Br)c(N3CCC[C@@H](N(N)C(=O)O)C3)c12. The van der Waals surface area contributed by atoms with Crippen molar-refractivity contribution in [2.45, 2.75) is 38.6 Å². The lowest BCUT2D eigenvalue weighted by atomic mass is 10.0. The van der Waals surface area contributed by atoms with Crippen molar-refractivity contribution in [1.29, 1.82) is 0 Å². The molecule has 5 N–H and O–H groups in total. The largest absolute Gasteiger partial charge is 0.464 e. The molecule has 0 radical (unpaired) electrons. The molecule has 2 amide bonds. The van der Waals surface area contributed by atoms with Crippen LogP contribution in [-0.4, -0.2) is 51.2 Å². The summed E-state index contributed by atoms with van der Waals surface area (Å²) in [4.78, 5) is 32.9. The summed E-state index contributed by atoms with van der Waals surface area (Å²) in [5, 5.41) is 13.8. The Hall–Kier alpha value is -2.33. The molecule has 2 aromatic heterocycles. The number of amides is 2. The number of hydrogen-bond acceptors (Lipinski definition) is 5. The van der Waals surface area contributed by atoms with Gasteiger partial charge in [-0.05, 0) is 35.2 Å². The van der Waals surface area contributed by atoms with E-state index in [2.05, 4.69) is 36.1 Å². The molecule has 0 unspecified atom stereocenters. The number of aromatic amines is 1. The van der Waals surface area contributed by atoms with Crippen LogP contribution in [0.15, 0.2) is 16.9 Å². The number of nitrogens with one attached hydrogen (secondary N) is 2. The van der Waals surface area contributed by atoms with Gasteiger partial charge in [0.25, 0.3) is 0 Å². The Morgan fingerprint density at radius 2 is 2.33 bits per heavy atom. The molecule has 27 heavy (non-hydrogen) atoms. The van der Waals surface area contributed by atoms with Crippen LogP contribution in [0.25, 0.3) is 11.0 Å². The number of hydrogen-bond donors (Lipinski definition) is 4. The van der Waals surface area contributed by atoms with E-state index in [1.54, 1.807) is 12.4 Å². The van der Waals surface area contributed by atoms with Crippen LogP contribution < -0.4 is 16.1 Å². The molecule has 0 saturated carbocycles. The highest BCUT2D eigenvalue weighted by molar-refractivity contribution is 9.10. The molecule has 0 aliphatic carbocycles. The first-order valence-corrected chi connectivity index (χ1v) is 9.68. The van der Waals surface area contributed by atoms with Crippen molar-refractivity contribution in [3.63, 3.8) is 0 Å². The summed E-state index contributed by atoms with van der Waals surface area (Å²) in [5.74, 6) is 5.66. The number of H-pyrrole nitrogens is 1. The van der Waals surface area contributed by atoms with Crippen molar-refractivity contribution in [1.82, 2.24) is 15.0 Å². The molecule has 0 spiro atoms. The molecule has 1 aliphatic rings. The number of carbonyl (C=O) groups is 2. The van der Waals surface area contributed by atoms with Gasteiger partial charge in [-0.1, -0.05) is 6.92 Å². The van der Waals surface area contributed by atoms with Crippen molar-refractivity contribution in [2.75, 3.05) is 23.3 Å². The fourth-order valence-electron chi connectivity index (χ4n) is 3.44. The smallest absolute Gasteiger partial charge is 0.421 e. The number of anilines is 2. The highest BCUT2D eigenvalue weighted by atomic mass is 79.9. The third kappa shape index (κ3) is 4.01. The molecule has 10 heteroatoms. The Labute approximate surface area is 165 Å². The van der Waals surface area contributed by atoms with Gasteiger partial charge in [-0.3, -0.25) is 4.79 Å². The maximum atomic E-state index is 12.1. The van der Waals surface area contributed by atoms with Crippen molar-refractivity contribution >= 4 is 50.3 Å². The zero-order valence-electron chi connectivity index (χ0n) is 15.0. The van der Waals surface area contributed by atoms with Gasteiger partial charge in [0.15, 0.2) is 0 Å². The second-order valence-electron chi connectivity index (χ2n) is 6.61. The molecule has 1 atom stereocenters. The van der Waals surface area contributed by atoms with Crippen LogP contribution in [0, 0.1) is 0 Å². The van der Waals surface area contributed by atoms with Gasteiger partial charge in [-0.15, -0.1) is 0 Å². The molecule has 1 fully saturated rings. The molecule has 146 valence electrons. The summed E-state index contributed by atoms with van der Waals surface area (Å²) in [6.45, 7) is 3.18. The molecule has 0 bridgehead atoms. The van der Waals surface area contributed by atoms with Crippen molar-refractivity contribution in [3.05, 3.63) is 16.9 Å². The zero-order valence-corrected chi connectivity index (χ0v) is 16.6. The maximum Gasteiger partial charge on any atom is 0.421 e. The minimum Gasteiger partial charge on any atom is -0.464 e. The molecule has 2 aromatic rings. The number of rotatable bonds is 5. The van der Waals surface area contributed by atoms with Gasteiger partial charge >= 0.3 is 6.09 Å². The lowest BCUT2D eigenvalue weighted by Crippen LogP contribution is -2.53. The average molecular weight is 439 g/mol. The Bertz CT molecular complexity index is 855. The van der Waals surface area contributed by atoms with Crippen LogP contribution >= 0.6 is 15.9 Å². The molecule has 1 aliphatic heterocycles. The first-order chi connectivity index (χ1) is 12.9. The van der Waals surface area contributed by atoms with Gasteiger partial charge in [-0.2, -0.15) is 0 Å². The van der Waals surface area contributed by atoms with E-state index >= 15 is 0 Å². The predicted molar refractivity (Wildman–Crippen MR) is 107 cm³/mol. The number of piperidine rings is 1. The Kier molecular flexibility index (Phi) is 5.85. The quantitative estimate of drug-likeness (QED) is 0.322. The van der Waals surface area contributed by atoms with Crippen molar-refractivity contribution in [2.24, 2.45) is 5.84 Å². The van der Waals surface area contributed by atoms with Gasteiger partial charge < -0.3 is 20.3 Å². The number of pyridine rings is 1. The Morgan fingerprint density at radius 3 is 3.04 bits per heavy atom. The van der Waals surface area contributed by atoms with Gasteiger partial charge in [0, 0.05) is 31.9 Å².